The van der Waals surface area contributed by atoms with E-state index in [1.807, 2.05) is 6.92 Å². The Bertz CT molecular complexity index is 489. The largest absolute Gasteiger partial charge is 0.495 e. The quantitative estimate of drug-likeness (QED) is 0.461. The Hall–Kier alpha value is -1.75. The molecule has 0 spiro atoms. The lowest BCUT2D eigenvalue weighted by Crippen LogP contribution is -2.13. The van der Waals surface area contributed by atoms with Crippen LogP contribution in [0.3, 0.4) is 0 Å². The number of anilines is 1. The normalized spacial score (nSPS) is 11.2. The van der Waals surface area contributed by atoms with Crippen molar-refractivity contribution in [2.45, 2.75) is 26.2 Å². The number of benzene rings is 1. The van der Waals surface area contributed by atoms with Crippen molar-refractivity contribution in [3.05, 3.63) is 18.2 Å². The molecule has 0 atom stereocenters. The van der Waals surface area contributed by atoms with Gasteiger partial charge in [-0.05, 0) is 24.6 Å². The predicted molar refractivity (Wildman–Crippen MR) is 83.2 cm³/mol. The topological polar surface area (TPSA) is 76.7 Å². The summed E-state index contributed by atoms with van der Waals surface area (Å²) in [5, 5.41) is 2.82. The first kappa shape index (κ1) is 16.3. The van der Waals surface area contributed by atoms with Crippen LogP contribution in [0.2, 0.25) is 0 Å². The number of hydrogen-bond donors (Lipinski definition) is 2. The summed E-state index contributed by atoms with van der Waals surface area (Å²) in [7, 11) is 1.55. The van der Waals surface area contributed by atoms with Crippen molar-refractivity contribution in [3.8, 4) is 5.75 Å². The number of aliphatic imine (C=N–C) groups is 1. The van der Waals surface area contributed by atoms with E-state index in [1.165, 1.54) is 0 Å². The molecule has 1 aromatic carbocycles. The van der Waals surface area contributed by atoms with Crippen LogP contribution in [0.25, 0.3) is 0 Å². The third kappa shape index (κ3) is 5.09. The number of nitrogens with two attached hydrogens (primary N) is 1. The molecule has 20 heavy (non-hydrogen) atoms. The van der Waals surface area contributed by atoms with E-state index in [9.17, 15) is 4.79 Å². The maximum absolute atomic E-state index is 11.8. The van der Waals surface area contributed by atoms with Gasteiger partial charge in [0.2, 0.25) is 5.91 Å². The second-order valence-corrected chi connectivity index (χ2v) is 4.54. The lowest BCUT2D eigenvalue weighted by atomic mass is 10.2. The highest BCUT2D eigenvalue weighted by Gasteiger charge is 2.08. The van der Waals surface area contributed by atoms with Crippen LogP contribution in [0, 0.1) is 0 Å². The molecular weight excluding hydrogens is 278 g/mol. The molecule has 1 aromatic rings. The van der Waals surface area contributed by atoms with Gasteiger partial charge in [0.05, 0.1) is 24.4 Å². The van der Waals surface area contributed by atoms with Crippen LogP contribution in [0.1, 0.15) is 26.2 Å². The zero-order chi connectivity index (χ0) is 15.0. The first-order chi connectivity index (χ1) is 9.60. The van der Waals surface area contributed by atoms with Gasteiger partial charge in [0, 0.05) is 6.42 Å². The van der Waals surface area contributed by atoms with E-state index >= 15 is 0 Å². The number of methoxy groups -OCH3 is 1. The van der Waals surface area contributed by atoms with Crippen LogP contribution in [0.4, 0.5) is 11.4 Å². The molecule has 0 aliphatic rings. The summed E-state index contributed by atoms with van der Waals surface area (Å²) in [4.78, 5) is 15.9. The number of hydrogen-bond acceptors (Lipinski definition) is 3. The number of unbranched alkanes of at least 4 members (excludes halogenated alkanes) is 1. The molecule has 0 saturated carbocycles. The molecule has 6 heteroatoms. The summed E-state index contributed by atoms with van der Waals surface area (Å²) in [5.41, 5.74) is 6.79. The van der Waals surface area contributed by atoms with Crippen LogP contribution >= 0.6 is 11.6 Å². The molecule has 0 bridgehead atoms. The van der Waals surface area contributed by atoms with Crippen LogP contribution in [-0.4, -0.2) is 24.7 Å². The zero-order valence-electron chi connectivity index (χ0n) is 11.8. The highest BCUT2D eigenvalue weighted by Crippen LogP contribution is 2.29. The van der Waals surface area contributed by atoms with Crippen LogP contribution in [-0.2, 0) is 4.79 Å². The Morgan fingerprint density at radius 3 is 2.85 bits per heavy atom. The van der Waals surface area contributed by atoms with E-state index in [0.717, 1.165) is 12.8 Å². The molecule has 0 aromatic heterocycles. The molecule has 110 valence electrons. The van der Waals surface area contributed by atoms with Crippen molar-refractivity contribution in [3.63, 3.8) is 0 Å². The number of carbonyl (C=O) groups excluding carboxylic acids is 1. The highest BCUT2D eigenvalue weighted by molar-refractivity contribution is 6.28. The molecule has 0 radical (unpaired) electrons. The van der Waals surface area contributed by atoms with Crippen molar-refractivity contribution in [2.75, 3.05) is 18.3 Å². The predicted octanol–water partition coefficient (Wildman–Crippen LogP) is 3.05. The minimum absolute atomic E-state index is 0.0448. The number of alkyl halides is 1. The molecule has 1 amide bonds. The van der Waals surface area contributed by atoms with Gasteiger partial charge in [-0.2, -0.15) is 0 Å². The minimum Gasteiger partial charge on any atom is -0.495 e. The van der Waals surface area contributed by atoms with Crippen molar-refractivity contribution in [1.82, 2.24) is 0 Å². The maximum atomic E-state index is 11.8. The SMILES string of the molecule is CCCCC(=O)Nc1cc(N=C(N)CCl)ccc1OC. The summed E-state index contributed by atoms with van der Waals surface area (Å²) in [6.07, 6.45) is 2.31. The molecule has 0 fully saturated rings. The summed E-state index contributed by atoms with van der Waals surface area (Å²) >= 11 is 5.59. The molecule has 0 saturated heterocycles. The molecule has 5 nitrogen and oxygen atoms in total. The highest BCUT2D eigenvalue weighted by atomic mass is 35.5. The molecule has 0 aliphatic heterocycles. The smallest absolute Gasteiger partial charge is 0.224 e. The molecule has 0 unspecified atom stereocenters. The van der Waals surface area contributed by atoms with Crippen LogP contribution < -0.4 is 15.8 Å². The fourth-order valence-corrected chi connectivity index (χ4v) is 1.67. The number of nitrogens with zero attached hydrogens (tertiary/aromatic N) is 1. The number of carbonyl (C=O) groups is 1. The fourth-order valence-electron chi connectivity index (χ4n) is 1.61. The van der Waals surface area contributed by atoms with Gasteiger partial charge in [0.15, 0.2) is 0 Å². The first-order valence-corrected chi connectivity index (χ1v) is 7.01. The van der Waals surface area contributed by atoms with Gasteiger partial charge in [-0.3, -0.25) is 4.79 Å². The fraction of sp³-hybridized carbons (Fsp3) is 0.429. The van der Waals surface area contributed by atoms with Gasteiger partial charge in [-0.1, -0.05) is 13.3 Å². The zero-order valence-corrected chi connectivity index (χ0v) is 12.5. The Kier molecular flexibility index (Phi) is 6.87. The number of rotatable bonds is 7. The Balaban J connectivity index is 2.91. The second kappa shape index (κ2) is 8.43. The van der Waals surface area contributed by atoms with E-state index in [-0.39, 0.29) is 11.8 Å². The van der Waals surface area contributed by atoms with E-state index in [2.05, 4.69) is 10.3 Å². The number of ether oxygens (including phenoxy) is 1. The average Bonchev–Trinajstić information content (AvgIpc) is 2.45. The Morgan fingerprint density at radius 1 is 1.50 bits per heavy atom. The maximum Gasteiger partial charge on any atom is 0.224 e. The van der Waals surface area contributed by atoms with Gasteiger partial charge < -0.3 is 15.8 Å². The number of halogens is 1. The summed E-state index contributed by atoms with van der Waals surface area (Å²) in [5.74, 6) is 1.01. The molecule has 1 rings (SSSR count). The number of amides is 1. The van der Waals surface area contributed by atoms with Crippen molar-refractivity contribution >= 4 is 34.7 Å². The average molecular weight is 298 g/mol. The minimum atomic E-state index is -0.0448. The summed E-state index contributed by atoms with van der Waals surface area (Å²) in [6.45, 7) is 2.04. The van der Waals surface area contributed by atoms with Gasteiger partial charge in [0.1, 0.15) is 11.6 Å². The van der Waals surface area contributed by atoms with Crippen LogP contribution in [0.5, 0.6) is 5.75 Å². The first-order valence-electron chi connectivity index (χ1n) is 6.47. The van der Waals surface area contributed by atoms with Crippen molar-refractivity contribution < 1.29 is 9.53 Å². The number of amidine groups is 1. The summed E-state index contributed by atoms with van der Waals surface area (Å²) < 4.78 is 5.22. The van der Waals surface area contributed by atoms with Gasteiger partial charge in [0.25, 0.3) is 0 Å². The van der Waals surface area contributed by atoms with Crippen molar-refractivity contribution in [1.29, 1.82) is 0 Å². The molecule has 0 heterocycles. The monoisotopic (exact) mass is 297 g/mol. The van der Waals surface area contributed by atoms with Gasteiger partial charge >= 0.3 is 0 Å². The third-order valence-electron chi connectivity index (χ3n) is 2.62. The van der Waals surface area contributed by atoms with Gasteiger partial charge in [-0.25, -0.2) is 4.99 Å². The van der Waals surface area contributed by atoms with E-state index in [4.69, 9.17) is 22.1 Å². The molecule has 3 N–H and O–H groups in total. The summed E-state index contributed by atoms with van der Waals surface area (Å²) in [6, 6.07) is 5.19. The van der Waals surface area contributed by atoms with Gasteiger partial charge in [-0.15, -0.1) is 11.6 Å². The third-order valence-corrected chi connectivity index (χ3v) is 2.90. The van der Waals surface area contributed by atoms with E-state index in [0.29, 0.717) is 29.4 Å². The lowest BCUT2D eigenvalue weighted by molar-refractivity contribution is -0.116. The van der Waals surface area contributed by atoms with Crippen molar-refractivity contribution in [2.24, 2.45) is 10.7 Å². The molecular formula is C14H20ClN3O2. The standard InChI is InChI=1S/C14H20ClN3O2/c1-3-4-5-14(19)18-11-8-10(17-13(16)9-15)6-7-12(11)20-2/h6-8H,3-5,9H2,1-2H3,(H2,16,17)(H,18,19). The van der Waals surface area contributed by atoms with Crippen LogP contribution in [0.15, 0.2) is 23.2 Å². The Morgan fingerprint density at radius 2 is 2.25 bits per heavy atom. The van der Waals surface area contributed by atoms with E-state index < -0.39 is 0 Å². The Labute approximate surface area is 124 Å². The lowest BCUT2D eigenvalue weighted by Gasteiger charge is -2.11. The molecule has 0 aliphatic carbocycles. The second-order valence-electron chi connectivity index (χ2n) is 4.27. The van der Waals surface area contributed by atoms with E-state index in [1.54, 1.807) is 25.3 Å². The number of nitrogens with one attached hydrogen (secondary N) is 1.